The van der Waals surface area contributed by atoms with E-state index in [1.807, 2.05) is 66.9 Å². The summed E-state index contributed by atoms with van der Waals surface area (Å²) in [7, 11) is 0. The van der Waals surface area contributed by atoms with Crippen LogP contribution in [0.1, 0.15) is 12.5 Å². The molecule has 0 aliphatic carbocycles. The standard InChI is InChI=1S/C38H26N6S/c1-38-39-22-30(23-44(38)37-33(43-38)31-14-8-9-15-32(31)45-37)28-17-16-27-21-29(19-18-26(27)20-28)36-41-34(24-10-4-2-5-11-24)40-35(42-36)25-12-6-3-7-13-25/h2-23,43H,1H3. The summed E-state index contributed by atoms with van der Waals surface area (Å²) in [5.74, 6) is 1.44. The van der Waals surface area contributed by atoms with Crippen LogP contribution in [0, 0.1) is 0 Å². The maximum absolute atomic E-state index is 4.98. The fourth-order valence-corrected chi connectivity index (χ4v) is 7.34. The summed E-state index contributed by atoms with van der Waals surface area (Å²) in [4.78, 5) is 21.9. The summed E-state index contributed by atoms with van der Waals surface area (Å²) < 4.78 is 1.27. The molecule has 2 aliphatic rings. The minimum Gasteiger partial charge on any atom is -0.341 e. The van der Waals surface area contributed by atoms with E-state index in [0.29, 0.717) is 17.5 Å². The number of nitrogens with one attached hydrogen (secondary N) is 1. The molecule has 2 aliphatic heterocycles. The second kappa shape index (κ2) is 9.94. The largest absolute Gasteiger partial charge is 0.341 e. The van der Waals surface area contributed by atoms with Crippen molar-refractivity contribution in [3.63, 3.8) is 0 Å². The van der Waals surface area contributed by atoms with E-state index in [1.165, 1.54) is 15.1 Å². The topological polar surface area (TPSA) is 66.3 Å². The molecule has 0 spiro atoms. The van der Waals surface area contributed by atoms with E-state index < -0.39 is 5.79 Å². The molecule has 1 atom stereocenters. The van der Waals surface area contributed by atoms with Crippen molar-refractivity contribution in [3.05, 3.63) is 133 Å². The first-order valence-electron chi connectivity index (χ1n) is 14.9. The van der Waals surface area contributed by atoms with Gasteiger partial charge in [0, 0.05) is 44.8 Å². The maximum Gasteiger partial charge on any atom is 0.209 e. The van der Waals surface area contributed by atoms with Gasteiger partial charge in [-0.15, -0.1) is 11.3 Å². The zero-order valence-corrected chi connectivity index (χ0v) is 25.2. The van der Waals surface area contributed by atoms with Crippen molar-refractivity contribution in [2.24, 2.45) is 4.99 Å². The van der Waals surface area contributed by atoms with Gasteiger partial charge in [0.2, 0.25) is 5.79 Å². The Morgan fingerprint density at radius 2 is 1.20 bits per heavy atom. The van der Waals surface area contributed by atoms with Crippen LogP contribution in [0.3, 0.4) is 0 Å². The van der Waals surface area contributed by atoms with E-state index in [9.17, 15) is 0 Å². The molecule has 0 saturated carbocycles. The fraction of sp³-hybridized carbons (Fsp3) is 0.0526. The number of thiophene rings is 1. The van der Waals surface area contributed by atoms with Crippen molar-refractivity contribution in [1.82, 2.24) is 15.0 Å². The highest BCUT2D eigenvalue weighted by Gasteiger charge is 2.42. The maximum atomic E-state index is 4.98. The molecular formula is C38H26N6S. The van der Waals surface area contributed by atoms with Crippen LogP contribution >= 0.6 is 11.3 Å². The van der Waals surface area contributed by atoms with Gasteiger partial charge in [0.1, 0.15) is 5.00 Å². The third kappa shape index (κ3) is 4.31. The van der Waals surface area contributed by atoms with E-state index >= 15 is 0 Å². The van der Waals surface area contributed by atoms with Gasteiger partial charge in [-0.1, -0.05) is 103 Å². The summed E-state index contributed by atoms with van der Waals surface area (Å²) in [6, 6.07) is 41.6. The Kier molecular flexibility index (Phi) is 5.70. The summed E-state index contributed by atoms with van der Waals surface area (Å²) in [6.07, 6.45) is 4.20. The molecular weight excluding hydrogens is 573 g/mol. The van der Waals surface area contributed by atoms with Crippen molar-refractivity contribution in [1.29, 1.82) is 0 Å². The lowest BCUT2D eigenvalue weighted by atomic mass is 10.00. The number of anilines is 2. The third-order valence-electron chi connectivity index (χ3n) is 8.48. The molecule has 9 rings (SSSR count). The number of fused-ring (bicyclic) bond motifs is 6. The summed E-state index contributed by atoms with van der Waals surface area (Å²) in [6.45, 7) is 2.12. The van der Waals surface area contributed by atoms with Gasteiger partial charge in [0.15, 0.2) is 17.5 Å². The normalized spacial score (nSPS) is 16.8. The van der Waals surface area contributed by atoms with Gasteiger partial charge in [-0.05, 0) is 41.5 Å². The molecule has 7 heteroatoms. The summed E-state index contributed by atoms with van der Waals surface area (Å²) in [5.41, 5.74) is 6.21. The van der Waals surface area contributed by atoms with Crippen molar-refractivity contribution < 1.29 is 0 Å². The van der Waals surface area contributed by atoms with Crippen LogP contribution < -0.4 is 10.2 Å². The van der Waals surface area contributed by atoms with Gasteiger partial charge in [-0.25, -0.2) is 19.9 Å². The number of aromatic nitrogens is 3. The molecule has 5 aromatic carbocycles. The van der Waals surface area contributed by atoms with E-state index in [0.717, 1.165) is 44.3 Å². The Morgan fingerprint density at radius 1 is 0.622 bits per heavy atom. The second-order valence-electron chi connectivity index (χ2n) is 11.5. The Balaban J connectivity index is 1.09. The van der Waals surface area contributed by atoms with Crippen molar-refractivity contribution in [3.8, 4) is 34.2 Å². The van der Waals surface area contributed by atoms with Gasteiger partial charge in [0.25, 0.3) is 0 Å². The molecule has 214 valence electrons. The first kappa shape index (κ1) is 25.8. The monoisotopic (exact) mass is 598 g/mol. The molecule has 0 radical (unpaired) electrons. The van der Waals surface area contributed by atoms with Gasteiger partial charge in [0.05, 0.1) is 5.69 Å². The molecule has 0 bridgehead atoms. The number of hydrogen-bond donors (Lipinski definition) is 1. The molecule has 1 N–H and O–H groups in total. The molecule has 0 amide bonds. The zero-order chi connectivity index (χ0) is 30.0. The van der Waals surface area contributed by atoms with Crippen LogP contribution in [0.25, 0.3) is 60.6 Å². The zero-order valence-electron chi connectivity index (χ0n) is 24.3. The van der Waals surface area contributed by atoms with Gasteiger partial charge < -0.3 is 5.32 Å². The SMILES string of the molecule is CC12N=CC(c3ccc4cc(-c5nc(-c6ccccc6)nc(-c6ccccc6)n5)ccc4c3)=CN1c1sc3ccccc3c1N2. The Bertz CT molecular complexity index is 2270. The Morgan fingerprint density at radius 3 is 1.89 bits per heavy atom. The second-order valence-corrected chi connectivity index (χ2v) is 12.5. The molecule has 0 fully saturated rings. The smallest absolute Gasteiger partial charge is 0.209 e. The molecule has 0 saturated heterocycles. The number of nitrogens with zero attached hydrogens (tertiary/aromatic N) is 5. The van der Waals surface area contributed by atoms with Crippen LogP contribution in [-0.4, -0.2) is 27.0 Å². The number of allylic oxidation sites excluding steroid dienone is 1. The Hall–Kier alpha value is -5.66. The van der Waals surface area contributed by atoms with E-state index in [2.05, 4.69) is 84.0 Å². The number of rotatable bonds is 4. The van der Waals surface area contributed by atoms with Gasteiger partial charge in [-0.3, -0.25) is 4.90 Å². The first-order chi connectivity index (χ1) is 22.1. The lowest BCUT2D eigenvalue weighted by Gasteiger charge is -2.33. The highest BCUT2D eigenvalue weighted by Crippen LogP contribution is 2.52. The first-order valence-corrected chi connectivity index (χ1v) is 15.7. The van der Waals surface area contributed by atoms with E-state index in [1.54, 1.807) is 11.3 Å². The quantitative estimate of drug-likeness (QED) is 0.219. The van der Waals surface area contributed by atoms with E-state index in [4.69, 9.17) is 19.9 Å². The molecule has 1 unspecified atom stereocenters. The molecule has 4 heterocycles. The highest BCUT2D eigenvalue weighted by molar-refractivity contribution is 7.23. The number of hydrogen-bond acceptors (Lipinski definition) is 7. The highest BCUT2D eigenvalue weighted by atomic mass is 32.1. The third-order valence-corrected chi connectivity index (χ3v) is 9.65. The Labute approximate surface area is 264 Å². The van der Waals surface area contributed by atoms with Crippen LogP contribution in [0.5, 0.6) is 0 Å². The van der Waals surface area contributed by atoms with E-state index in [-0.39, 0.29) is 0 Å². The number of benzene rings is 5. The van der Waals surface area contributed by atoms with Gasteiger partial charge in [-0.2, -0.15) is 0 Å². The lowest BCUT2D eigenvalue weighted by Crippen LogP contribution is -2.45. The fourth-order valence-electron chi connectivity index (χ4n) is 6.12. The van der Waals surface area contributed by atoms with Crippen LogP contribution in [-0.2, 0) is 0 Å². The van der Waals surface area contributed by atoms with Gasteiger partial charge >= 0.3 is 0 Å². The molecule has 45 heavy (non-hydrogen) atoms. The van der Waals surface area contributed by atoms with Crippen molar-refractivity contribution in [2.45, 2.75) is 12.7 Å². The average Bonchev–Trinajstić information content (AvgIpc) is 3.60. The number of aliphatic imine (C=N–C) groups is 1. The van der Waals surface area contributed by atoms with Crippen LogP contribution in [0.15, 0.2) is 133 Å². The predicted octanol–water partition coefficient (Wildman–Crippen LogP) is 9.27. The van der Waals surface area contributed by atoms with Crippen molar-refractivity contribution >= 4 is 54.7 Å². The molecule has 2 aromatic heterocycles. The van der Waals surface area contributed by atoms with Crippen LogP contribution in [0.4, 0.5) is 10.7 Å². The minimum absolute atomic E-state index is 0.526. The minimum atomic E-state index is -0.526. The summed E-state index contributed by atoms with van der Waals surface area (Å²) in [5, 5.41) is 8.36. The molecule has 6 nitrogen and oxygen atoms in total. The molecule has 7 aromatic rings. The van der Waals surface area contributed by atoms with Crippen LogP contribution in [0.2, 0.25) is 0 Å². The summed E-state index contributed by atoms with van der Waals surface area (Å²) >= 11 is 1.80. The average molecular weight is 599 g/mol. The van der Waals surface area contributed by atoms with Crippen molar-refractivity contribution in [2.75, 3.05) is 10.2 Å². The lowest BCUT2D eigenvalue weighted by molar-refractivity contribution is 0.569. The predicted molar refractivity (Wildman–Crippen MR) is 186 cm³/mol.